The third-order valence-electron chi connectivity index (χ3n) is 2.92. The topological polar surface area (TPSA) is 29.3 Å². The summed E-state index contributed by atoms with van der Waals surface area (Å²) in [5, 5.41) is 0. The van der Waals surface area contributed by atoms with Gasteiger partial charge >= 0.3 is 5.97 Å². The molecule has 0 N–H and O–H groups in total. The number of carbonyl (C=O) groups excluding carboxylic acids is 1. The highest BCUT2D eigenvalue weighted by molar-refractivity contribution is 5.80. The van der Waals surface area contributed by atoms with E-state index >= 15 is 0 Å². The van der Waals surface area contributed by atoms with E-state index in [1.165, 1.54) is 12.7 Å². The first-order valence-corrected chi connectivity index (χ1v) is 4.92. The van der Waals surface area contributed by atoms with E-state index in [1.54, 1.807) is 0 Å². The molecule has 76 valence electrons. The van der Waals surface area contributed by atoms with Gasteiger partial charge in [-0.25, -0.2) is 0 Å². The second kappa shape index (κ2) is 3.58. The average Bonchev–Trinajstić information content (AvgIpc) is 2.66. The zero-order valence-corrected chi connectivity index (χ0v) is 8.56. The van der Waals surface area contributed by atoms with E-state index in [-0.39, 0.29) is 12.0 Å². The van der Waals surface area contributed by atoms with Crippen molar-refractivity contribution in [1.82, 2.24) is 4.90 Å². The van der Waals surface area contributed by atoms with E-state index in [0.29, 0.717) is 6.04 Å². The molecule has 1 unspecified atom stereocenters. The number of hydrogen-bond acceptors (Lipinski definition) is 3. The number of carbonyl (C=O) groups is 1. The minimum absolute atomic E-state index is 0.0125. The summed E-state index contributed by atoms with van der Waals surface area (Å²) in [6.45, 7) is 2.96. The molecule has 1 aliphatic carbocycles. The van der Waals surface area contributed by atoms with Crippen molar-refractivity contribution < 1.29 is 9.53 Å². The quantitative estimate of drug-likeness (QED) is 0.497. The van der Waals surface area contributed by atoms with Gasteiger partial charge in [0.1, 0.15) is 6.04 Å². The summed E-state index contributed by atoms with van der Waals surface area (Å²) in [4.78, 5) is 13.4. The molecule has 2 aliphatic rings. The first kappa shape index (κ1) is 9.46. The molecule has 1 saturated heterocycles. The van der Waals surface area contributed by atoms with Crippen LogP contribution in [0.1, 0.15) is 13.3 Å². The number of rotatable bonds is 3. The standard InChI is InChI=1S/C11H15NO2/c1-8-10(11(13)14-2)12(8)7-9-5-3-4-6-9/h3-5,8,10H,6-7H2,1-2H3/t8-,10-,12?/m0/s1. The van der Waals surface area contributed by atoms with Crippen molar-refractivity contribution in [2.75, 3.05) is 13.7 Å². The molecule has 0 saturated carbocycles. The molecule has 1 aliphatic heterocycles. The lowest BCUT2D eigenvalue weighted by Crippen LogP contribution is -2.15. The van der Waals surface area contributed by atoms with Crippen LogP contribution in [0.3, 0.4) is 0 Å². The number of allylic oxidation sites excluding steroid dienone is 3. The Hall–Kier alpha value is -1.09. The lowest BCUT2D eigenvalue weighted by atomic mass is 10.2. The van der Waals surface area contributed by atoms with Crippen LogP contribution in [0.15, 0.2) is 23.8 Å². The summed E-state index contributed by atoms with van der Waals surface area (Å²) in [6.07, 6.45) is 7.35. The molecule has 0 spiro atoms. The Morgan fingerprint density at radius 1 is 1.71 bits per heavy atom. The predicted molar refractivity (Wildman–Crippen MR) is 53.8 cm³/mol. The van der Waals surface area contributed by atoms with Gasteiger partial charge in [0.2, 0.25) is 0 Å². The highest BCUT2D eigenvalue weighted by Gasteiger charge is 2.49. The van der Waals surface area contributed by atoms with Crippen LogP contribution in [0.25, 0.3) is 0 Å². The van der Waals surface area contributed by atoms with Gasteiger partial charge in [-0.1, -0.05) is 23.8 Å². The summed E-state index contributed by atoms with van der Waals surface area (Å²) in [5.41, 5.74) is 1.38. The van der Waals surface area contributed by atoms with Crippen LogP contribution in [0.2, 0.25) is 0 Å². The molecule has 3 heteroatoms. The molecule has 0 amide bonds. The first-order valence-electron chi connectivity index (χ1n) is 4.92. The zero-order chi connectivity index (χ0) is 10.1. The van der Waals surface area contributed by atoms with Crippen LogP contribution < -0.4 is 0 Å². The highest BCUT2D eigenvalue weighted by atomic mass is 16.5. The van der Waals surface area contributed by atoms with Crippen molar-refractivity contribution in [2.45, 2.75) is 25.4 Å². The smallest absolute Gasteiger partial charge is 0.324 e. The first-order chi connectivity index (χ1) is 6.74. The van der Waals surface area contributed by atoms with Crippen molar-refractivity contribution in [3.05, 3.63) is 23.8 Å². The van der Waals surface area contributed by atoms with E-state index < -0.39 is 0 Å². The van der Waals surface area contributed by atoms with Crippen molar-refractivity contribution in [3.63, 3.8) is 0 Å². The van der Waals surface area contributed by atoms with Crippen LogP contribution in [0, 0.1) is 0 Å². The molecule has 0 bridgehead atoms. The molecule has 3 nitrogen and oxygen atoms in total. The molecule has 0 radical (unpaired) electrons. The van der Waals surface area contributed by atoms with Gasteiger partial charge in [-0.05, 0) is 13.3 Å². The molecule has 1 fully saturated rings. The van der Waals surface area contributed by atoms with Gasteiger partial charge in [-0.2, -0.15) is 0 Å². The predicted octanol–water partition coefficient (Wildman–Crippen LogP) is 1.12. The molecule has 14 heavy (non-hydrogen) atoms. The Labute approximate surface area is 84.0 Å². The number of methoxy groups -OCH3 is 1. The van der Waals surface area contributed by atoms with E-state index in [1.807, 2.05) is 0 Å². The molecule has 2 rings (SSSR count). The van der Waals surface area contributed by atoms with Gasteiger partial charge in [-0.3, -0.25) is 9.69 Å². The van der Waals surface area contributed by atoms with Crippen molar-refractivity contribution >= 4 is 5.97 Å². The molecule has 0 aromatic rings. The Morgan fingerprint density at radius 3 is 3.07 bits per heavy atom. The van der Waals surface area contributed by atoms with Gasteiger partial charge in [0.05, 0.1) is 7.11 Å². The molecule has 3 atom stereocenters. The third kappa shape index (κ3) is 1.60. The van der Waals surface area contributed by atoms with Crippen molar-refractivity contribution in [1.29, 1.82) is 0 Å². The van der Waals surface area contributed by atoms with E-state index in [2.05, 4.69) is 30.1 Å². The van der Waals surface area contributed by atoms with Gasteiger partial charge in [0.25, 0.3) is 0 Å². The fourth-order valence-electron chi connectivity index (χ4n) is 1.95. The van der Waals surface area contributed by atoms with Crippen LogP contribution >= 0.6 is 0 Å². The second-order valence-electron chi connectivity index (χ2n) is 3.84. The SMILES string of the molecule is COC(=O)[C@@H]1[C@H](C)N1CC1=CC=CC1. The number of hydrogen-bond donors (Lipinski definition) is 0. The van der Waals surface area contributed by atoms with Gasteiger partial charge < -0.3 is 4.74 Å². The summed E-state index contributed by atoms with van der Waals surface area (Å²) < 4.78 is 4.72. The van der Waals surface area contributed by atoms with Gasteiger partial charge in [0, 0.05) is 12.6 Å². The van der Waals surface area contributed by atoms with Crippen LogP contribution in [0.4, 0.5) is 0 Å². The lowest BCUT2D eigenvalue weighted by Gasteiger charge is -2.03. The Balaban J connectivity index is 1.87. The van der Waals surface area contributed by atoms with Gasteiger partial charge in [-0.15, -0.1) is 0 Å². The average molecular weight is 193 g/mol. The van der Waals surface area contributed by atoms with Gasteiger partial charge in [0.15, 0.2) is 0 Å². The molecule has 0 aromatic heterocycles. The second-order valence-corrected chi connectivity index (χ2v) is 3.84. The van der Waals surface area contributed by atoms with E-state index in [9.17, 15) is 4.79 Å². The summed E-state index contributed by atoms with van der Waals surface area (Å²) in [7, 11) is 1.45. The molecule has 0 aromatic carbocycles. The maximum absolute atomic E-state index is 11.3. The van der Waals surface area contributed by atoms with Crippen LogP contribution in [-0.4, -0.2) is 36.6 Å². The van der Waals surface area contributed by atoms with Crippen LogP contribution in [-0.2, 0) is 9.53 Å². The molecular weight excluding hydrogens is 178 g/mol. The lowest BCUT2D eigenvalue weighted by molar-refractivity contribution is -0.140. The van der Waals surface area contributed by atoms with Crippen molar-refractivity contribution in [3.8, 4) is 0 Å². The number of ether oxygens (including phenoxy) is 1. The normalized spacial score (nSPS) is 34.1. The maximum Gasteiger partial charge on any atom is 0.324 e. The monoisotopic (exact) mass is 193 g/mol. The number of nitrogens with zero attached hydrogens (tertiary/aromatic N) is 1. The van der Waals surface area contributed by atoms with E-state index in [0.717, 1.165) is 13.0 Å². The van der Waals surface area contributed by atoms with Crippen molar-refractivity contribution in [2.24, 2.45) is 0 Å². The molecular formula is C11H15NO2. The Bertz CT molecular complexity index is 306. The largest absolute Gasteiger partial charge is 0.468 e. The van der Waals surface area contributed by atoms with Crippen LogP contribution in [0.5, 0.6) is 0 Å². The highest BCUT2D eigenvalue weighted by Crippen LogP contribution is 2.30. The fraction of sp³-hybridized carbons (Fsp3) is 0.545. The summed E-state index contributed by atoms with van der Waals surface area (Å²) >= 11 is 0. The Kier molecular flexibility index (Phi) is 2.42. The maximum atomic E-state index is 11.3. The molecule has 1 heterocycles. The minimum Gasteiger partial charge on any atom is -0.468 e. The third-order valence-corrected chi connectivity index (χ3v) is 2.92. The summed E-state index contributed by atoms with van der Waals surface area (Å²) in [6, 6.07) is 0.324. The minimum atomic E-state index is -0.107. The zero-order valence-electron chi connectivity index (χ0n) is 8.56. The number of esters is 1. The van der Waals surface area contributed by atoms with E-state index in [4.69, 9.17) is 4.74 Å². The Morgan fingerprint density at radius 2 is 2.50 bits per heavy atom. The summed E-state index contributed by atoms with van der Waals surface area (Å²) in [5.74, 6) is -0.107. The fourth-order valence-corrected chi connectivity index (χ4v) is 1.95.